The van der Waals surface area contributed by atoms with Crippen LogP contribution in [-0.4, -0.2) is 52.1 Å². The van der Waals surface area contributed by atoms with Crippen molar-refractivity contribution in [2.45, 2.75) is 0 Å². The number of para-hydroxylation sites is 1. The van der Waals surface area contributed by atoms with Gasteiger partial charge in [0.25, 0.3) is 5.56 Å². The summed E-state index contributed by atoms with van der Waals surface area (Å²) in [6.45, 7) is 2.49. The van der Waals surface area contributed by atoms with E-state index in [1.807, 2.05) is 12.1 Å². The fraction of sp³-hybridized carbons (Fsp3) is 0.182. The van der Waals surface area contributed by atoms with E-state index < -0.39 is 0 Å². The largest absolute Gasteiger partial charge is 0.506 e. The number of rotatable bonds is 3. The molecule has 1 saturated heterocycles. The predicted octanol–water partition coefficient (Wildman–Crippen LogP) is 1.86. The lowest BCUT2D eigenvalue weighted by Gasteiger charge is -2.35. The lowest BCUT2D eigenvalue weighted by atomic mass is 10.2. The molecule has 8 heteroatoms. The SMILES string of the molecule is N#Cc1ccc(N2CCN(C(=O)/C=C/c3nc4c(O)cccc4c(=O)[nH]3)CC2)cc1. The summed E-state index contributed by atoms with van der Waals surface area (Å²) >= 11 is 0. The van der Waals surface area contributed by atoms with E-state index in [2.05, 4.69) is 20.9 Å². The molecular weight excluding hydrogens is 382 g/mol. The molecule has 30 heavy (non-hydrogen) atoms. The number of aromatic hydroxyl groups is 1. The molecule has 2 N–H and O–H groups in total. The van der Waals surface area contributed by atoms with Crippen LogP contribution < -0.4 is 10.5 Å². The van der Waals surface area contributed by atoms with Crippen molar-refractivity contribution >= 4 is 28.6 Å². The van der Waals surface area contributed by atoms with Gasteiger partial charge in [-0.25, -0.2) is 4.98 Å². The molecular formula is C22H19N5O3. The van der Waals surface area contributed by atoms with Crippen LogP contribution in [0.15, 0.2) is 53.3 Å². The summed E-state index contributed by atoms with van der Waals surface area (Å²) in [6.07, 6.45) is 2.82. The van der Waals surface area contributed by atoms with Gasteiger partial charge in [0.1, 0.15) is 17.1 Å². The van der Waals surface area contributed by atoms with Gasteiger partial charge in [-0.1, -0.05) is 6.07 Å². The van der Waals surface area contributed by atoms with Gasteiger partial charge >= 0.3 is 0 Å². The second-order valence-corrected chi connectivity index (χ2v) is 6.93. The summed E-state index contributed by atoms with van der Waals surface area (Å²) in [5.41, 5.74) is 1.46. The fourth-order valence-corrected chi connectivity index (χ4v) is 3.43. The van der Waals surface area contributed by atoms with Gasteiger partial charge in [0.15, 0.2) is 0 Å². The Morgan fingerprint density at radius 2 is 1.87 bits per heavy atom. The van der Waals surface area contributed by atoms with Crippen LogP contribution in [0.5, 0.6) is 5.75 Å². The number of carbonyl (C=O) groups excluding carboxylic acids is 1. The fourth-order valence-electron chi connectivity index (χ4n) is 3.43. The van der Waals surface area contributed by atoms with Gasteiger partial charge in [-0.2, -0.15) is 5.26 Å². The molecule has 1 aliphatic heterocycles. The quantitative estimate of drug-likeness (QED) is 0.648. The van der Waals surface area contributed by atoms with Crippen molar-refractivity contribution < 1.29 is 9.90 Å². The standard InChI is InChI=1S/C22H19N5O3/c23-14-15-4-6-16(7-5-15)26-10-12-27(13-11-26)20(29)9-8-19-24-21-17(22(30)25-19)2-1-3-18(21)28/h1-9,28H,10-13H2,(H,24,25,30)/b9-8+. The molecule has 1 aliphatic rings. The molecule has 2 heterocycles. The van der Waals surface area contributed by atoms with E-state index in [0.29, 0.717) is 31.7 Å². The number of fused-ring (bicyclic) bond motifs is 1. The molecule has 8 nitrogen and oxygen atoms in total. The Kier molecular flexibility index (Phi) is 5.18. The molecule has 3 aromatic rings. The normalized spacial score (nSPS) is 14.2. The van der Waals surface area contributed by atoms with E-state index >= 15 is 0 Å². The zero-order valence-electron chi connectivity index (χ0n) is 16.1. The monoisotopic (exact) mass is 401 g/mol. The minimum absolute atomic E-state index is 0.0847. The molecule has 0 atom stereocenters. The highest BCUT2D eigenvalue weighted by atomic mass is 16.3. The number of anilines is 1. The summed E-state index contributed by atoms with van der Waals surface area (Å²) in [7, 11) is 0. The van der Waals surface area contributed by atoms with Crippen molar-refractivity contribution in [1.82, 2.24) is 14.9 Å². The first kappa shape index (κ1) is 19.2. The van der Waals surface area contributed by atoms with Crippen molar-refractivity contribution in [3.05, 3.63) is 70.3 Å². The highest BCUT2D eigenvalue weighted by Gasteiger charge is 2.20. The number of carbonyl (C=O) groups is 1. The molecule has 0 radical (unpaired) electrons. The van der Waals surface area contributed by atoms with Crippen molar-refractivity contribution in [3.8, 4) is 11.8 Å². The molecule has 0 unspecified atom stereocenters. The average molecular weight is 401 g/mol. The summed E-state index contributed by atoms with van der Waals surface area (Å²) in [5.74, 6) is -0.0495. The Balaban J connectivity index is 1.42. The number of H-pyrrole nitrogens is 1. The van der Waals surface area contributed by atoms with E-state index in [-0.39, 0.29) is 33.9 Å². The Labute approximate surface area is 172 Å². The number of aromatic nitrogens is 2. The maximum Gasteiger partial charge on any atom is 0.259 e. The molecule has 0 saturated carbocycles. The molecule has 0 aliphatic carbocycles. The Morgan fingerprint density at radius 1 is 1.13 bits per heavy atom. The zero-order chi connectivity index (χ0) is 21.1. The Hall–Kier alpha value is -4.12. The van der Waals surface area contributed by atoms with Gasteiger partial charge in [0.05, 0.1) is 17.0 Å². The molecule has 1 fully saturated rings. The predicted molar refractivity (Wildman–Crippen MR) is 113 cm³/mol. The van der Waals surface area contributed by atoms with Crippen LogP contribution in [0.1, 0.15) is 11.4 Å². The van der Waals surface area contributed by atoms with E-state index in [0.717, 1.165) is 5.69 Å². The van der Waals surface area contributed by atoms with Crippen molar-refractivity contribution in [2.75, 3.05) is 31.1 Å². The lowest BCUT2D eigenvalue weighted by molar-refractivity contribution is -0.126. The second kappa shape index (κ2) is 8.09. The third kappa shape index (κ3) is 3.86. The topological polar surface area (TPSA) is 113 Å². The number of nitrogens with zero attached hydrogens (tertiary/aromatic N) is 4. The first-order chi connectivity index (χ1) is 14.5. The number of hydrogen-bond acceptors (Lipinski definition) is 6. The number of piperazine rings is 1. The molecule has 1 amide bonds. The minimum Gasteiger partial charge on any atom is -0.506 e. The molecule has 150 valence electrons. The summed E-state index contributed by atoms with van der Waals surface area (Å²) in [4.78, 5) is 35.4. The van der Waals surface area contributed by atoms with Crippen LogP contribution in [0, 0.1) is 11.3 Å². The zero-order valence-corrected chi connectivity index (χ0v) is 16.1. The highest BCUT2D eigenvalue weighted by Crippen LogP contribution is 2.20. The third-order valence-electron chi connectivity index (χ3n) is 5.07. The maximum absolute atomic E-state index is 12.5. The molecule has 0 bridgehead atoms. The number of nitriles is 1. The number of phenolic OH excluding ortho intramolecular Hbond substituents is 1. The van der Waals surface area contributed by atoms with E-state index in [1.54, 1.807) is 29.2 Å². The van der Waals surface area contributed by atoms with Gasteiger partial charge in [0, 0.05) is 37.9 Å². The summed E-state index contributed by atoms with van der Waals surface area (Å²) < 4.78 is 0. The van der Waals surface area contributed by atoms with Crippen LogP contribution in [0.3, 0.4) is 0 Å². The molecule has 4 rings (SSSR count). The first-order valence-electron chi connectivity index (χ1n) is 9.49. The van der Waals surface area contributed by atoms with Gasteiger partial charge in [-0.3, -0.25) is 9.59 Å². The maximum atomic E-state index is 12.5. The lowest BCUT2D eigenvalue weighted by Crippen LogP contribution is -2.48. The van der Waals surface area contributed by atoms with E-state index in [4.69, 9.17) is 5.26 Å². The minimum atomic E-state index is -0.376. The third-order valence-corrected chi connectivity index (χ3v) is 5.07. The van der Waals surface area contributed by atoms with Gasteiger partial charge in [-0.05, 0) is 42.5 Å². The number of benzene rings is 2. The van der Waals surface area contributed by atoms with Gasteiger partial charge in [0.2, 0.25) is 5.91 Å². The van der Waals surface area contributed by atoms with Crippen LogP contribution >= 0.6 is 0 Å². The van der Waals surface area contributed by atoms with Crippen molar-refractivity contribution in [3.63, 3.8) is 0 Å². The van der Waals surface area contributed by atoms with Crippen LogP contribution in [0.4, 0.5) is 5.69 Å². The van der Waals surface area contributed by atoms with Crippen LogP contribution in [-0.2, 0) is 4.79 Å². The van der Waals surface area contributed by atoms with E-state index in [9.17, 15) is 14.7 Å². The van der Waals surface area contributed by atoms with E-state index in [1.165, 1.54) is 18.2 Å². The van der Waals surface area contributed by atoms with Gasteiger partial charge < -0.3 is 19.9 Å². The first-order valence-corrected chi connectivity index (χ1v) is 9.49. The Bertz CT molecular complexity index is 1220. The number of nitrogens with one attached hydrogen (secondary N) is 1. The summed E-state index contributed by atoms with van der Waals surface area (Å²) in [6, 6.07) is 14.1. The number of amides is 1. The van der Waals surface area contributed by atoms with Gasteiger partial charge in [-0.15, -0.1) is 0 Å². The molecule has 2 aromatic carbocycles. The number of hydrogen-bond donors (Lipinski definition) is 2. The van der Waals surface area contributed by atoms with Crippen LogP contribution in [0.25, 0.3) is 17.0 Å². The average Bonchev–Trinajstić information content (AvgIpc) is 2.78. The van der Waals surface area contributed by atoms with Crippen LogP contribution in [0.2, 0.25) is 0 Å². The highest BCUT2D eigenvalue weighted by molar-refractivity contribution is 5.92. The van der Waals surface area contributed by atoms with Crippen molar-refractivity contribution in [1.29, 1.82) is 5.26 Å². The molecule has 0 spiro atoms. The smallest absolute Gasteiger partial charge is 0.259 e. The summed E-state index contributed by atoms with van der Waals surface area (Å²) in [5, 5.41) is 19.1. The molecule has 1 aromatic heterocycles. The number of phenols is 1. The second-order valence-electron chi connectivity index (χ2n) is 6.93. The number of aromatic amines is 1. The van der Waals surface area contributed by atoms with Crippen molar-refractivity contribution in [2.24, 2.45) is 0 Å². The Morgan fingerprint density at radius 3 is 2.57 bits per heavy atom.